The number of alkyl halides is 3. The first-order chi connectivity index (χ1) is 14.6. The first-order valence-corrected chi connectivity index (χ1v) is 11.3. The lowest BCUT2D eigenvalue weighted by Crippen LogP contribution is -2.31. The lowest BCUT2D eigenvalue weighted by Gasteiger charge is -2.25. The summed E-state index contributed by atoms with van der Waals surface area (Å²) in [5.74, 6) is -0.739. The van der Waals surface area contributed by atoms with Crippen LogP contribution in [0.1, 0.15) is 58.2 Å². The van der Waals surface area contributed by atoms with Crippen LogP contribution in [-0.4, -0.2) is 49.5 Å². The van der Waals surface area contributed by atoms with Gasteiger partial charge in [-0.25, -0.2) is 4.98 Å². The second kappa shape index (κ2) is 9.99. The minimum atomic E-state index is -4.67. The van der Waals surface area contributed by atoms with Crippen molar-refractivity contribution in [1.82, 2.24) is 15.2 Å². The number of rotatable bonds is 7. The quantitative estimate of drug-likeness (QED) is 0.656. The van der Waals surface area contributed by atoms with Gasteiger partial charge in [0.1, 0.15) is 4.88 Å². The van der Waals surface area contributed by atoms with E-state index < -0.39 is 23.8 Å². The van der Waals surface area contributed by atoms with Crippen molar-refractivity contribution in [3.8, 4) is 0 Å². The van der Waals surface area contributed by atoms with Gasteiger partial charge in [-0.15, -0.1) is 11.3 Å². The van der Waals surface area contributed by atoms with E-state index in [2.05, 4.69) is 15.2 Å². The van der Waals surface area contributed by atoms with Gasteiger partial charge in [-0.2, -0.15) is 13.2 Å². The summed E-state index contributed by atoms with van der Waals surface area (Å²) in [6, 6.07) is 7.11. The van der Waals surface area contributed by atoms with Crippen LogP contribution in [0.3, 0.4) is 0 Å². The highest BCUT2D eigenvalue weighted by molar-refractivity contribution is 7.13. The zero-order valence-electron chi connectivity index (χ0n) is 18.1. The summed E-state index contributed by atoms with van der Waals surface area (Å²) in [5.41, 5.74) is 0.688. The monoisotopic (exact) mass is 454 g/mol. The number of piperidine rings is 1. The number of benzene rings is 1. The van der Waals surface area contributed by atoms with E-state index >= 15 is 0 Å². The predicted octanol–water partition coefficient (Wildman–Crippen LogP) is 4.75. The molecule has 0 bridgehead atoms. The number of halogens is 3. The molecule has 1 aromatic heterocycles. The summed E-state index contributed by atoms with van der Waals surface area (Å²) in [6.45, 7) is 4.36. The normalized spacial score (nSPS) is 16.2. The number of likely N-dealkylation sites (tertiary alicyclic amines) is 1. The van der Waals surface area contributed by atoms with Crippen molar-refractivity contribution in [2.45, 2.75) is 44.8 Å². The molecule has 5 nitrogen and oxygen atoms in total. The summed E-state index contributed by atoms with van der Waals surface area (Å²) in [4.78, 5) is 20.4. The van der Waals surface area contributed by atoms with Crippen molar-refractivity contribution in [3.63, 3.8) is 0 Å². The summed E-state index contributed by atoms with van der Waals surface area (Å²) < 4.78 is 40.7. The van der Waals surface area contributed by atoms with Crippen molar-refractivity contribution < 1.29 is 18.0 Å². The van der Waals surface area contributed by atoms with E-state index in [1.165, 1.54) is 6.42 Å². The Bertz CT molecular complexity index is 891. The standard InChI is InChI=1S/C22H29F3N4OS/c1-15(16-8-7-9-17(14-16)28(2)3)26-21(30)19-20(22(23,24)25)27-18(31-19)10-13-29-11-5-4-6-12-29/h7-9,14-15H,4-6,10-13H2,1-3H3,(H,26,30). The fourth-order valence-corrected chi connectivity index (χ4v) is 4.65. The van der Waals surface area contributed by atoms with Crippen LogP contribution in [0.5, 0.6) is 0 Å². The molecule has 2 aromatic rings. The molecule has 0 radical (unpaired) electrons. The van der Waals surface area contributed by atoms with E-state index in [1.807, 2.05) is 43.3 Å². The molecule has 0 spiro atoms. The number of aromatic nitrogens is 1. The number of nitrogens with one attached hydrogen (secondary N) is 1. The summed E-state index contributed by atoms with van der Waals surface area (Å²) in [7, 11) is 3.81. The highest BCUT2D eigenvalue weighted by Gasteiger charge is 2.39. The molecular formula is C22H29F3N4OS. The van der Waals surface area contributed by atoms with Gasteiger partial charge in [-0.1, -0.05) is 18.6 Å². The smallest absolute Gasteiger partial charge is 0.378 e. The van der Waals surface area contributed by atoms with Crippen LogP contribution in [0.25, 0.3) is 0 Å². The largest absolute Gasteiger partial charge is 0.435 e. The van der Waals surface area contributed by atoms with E-state index in [4.69, 9.17) is 0 Å². The lowest BCUT2D eigenvalue weighted by atomic mass is 10.1. The third-order valence-electron chi connectivity index (χ3n) is 5.47. The van der Waals surface area contributed by atoms with E-state index in [1.54, 1.807) is 6.92 Å². The van der Waals surface area contributed by atoms with E-state index in [9.17, 15) is 18.0 Å². The Labute approximate surface area is 185 Å². The molecular weight excluding hydrogens is 425 g/mol. The molecule has 1 aliphatic rings. The molecule has 1 atom stereocenters. The minimum Gasteiger partial charge on any atom is -0.378 e. The topological polar surface area (TPSA) is 48.5 Å². The molecule has 1 aliphatic heterocycles. The molecule has 1 saturated heterocycles. The van der Waals surface area contributed by atoms with Gasteiger partial charge in [0.2, 0.25) is 0 Å². The molecule has 1 aromatic carbocycles. The van der Waals surface area contributed by atoms with Crippen LogP contribution in [0.15, 0.2) is 24.3 Å². The molecule has 31 heavy (non-hydrogen) atoms. The summed E-state index contributed by atoms with van der Waals surface area (Å²) in [6.07, 6.45) is -0.813. The average Bonchev–Trinajstić information content (AvgIpc) is 3.18. The van der Waals surface area contributed by atoms with Crippen molar-refractivity contribution in [1.29, 1.82) is 0 Å². The predicted molar refractivity (Wildman–Crippen MR) is 118 cm³/mol. The first kappa shape index (κ1) is 23.5. The lowest BCUT2D eigenvalue weighted by molar-refractivity contribution is -0.141. The van der Waals surface area contributed by atoms with E-state index in [0.29, 0.717) is 18.0 Å². The molecule has 1 N–H and O–H groups in total. The second-order valence-corrected chi connectivity index (χ2v) is 9.20. The molecule has 2 heterocycles. The van der Waals surface area contributed by atoms with Gasteiger partial charge in [0.25, 0.3) is 5.91 Å². The van der Waals surface area contributed by atoms with Crippen molar-refractivity contribution >= 4 is 22.9 Å². The highest BCUT2D eigenvalue weighted by atomic mass is 32.1. The molecule has 170 valence electrons. The fraction of sp³-hybridized carbons (Fsp3) is 0.545. The summed E-state index contributed by atoms with van der Waals surface area (Å²) >= 11 is 0.850. The van der Waals surface area contributed by atoms with Gasteiger partial charge in [0.15, 0.2) is 5.69 Å². The SMILES string of the molecule is CC(NC(=O)c1sc(CCN2CCCCC2)nc1C(F)(F)F)c1cccc(N(C)C)c1. The zero-order valence-corrected chi connectivity index (χ0v) is 18.9. The number of thiazole rings is 1. The maximum atomic E-state index is 13.6. The van der Waals surface area contributed by atoms with E-state index in [0.717, 1.165) is 48.5 Å². The Kier molecular flexibility index (Phi) is 7.59. The Morgan fingerprint density at radius 3 is 2.61 bits per heavy atom. The number of amides is 1. The molecule has 1 amide bonds. The number of carbonyl (C=O) groups is 1. The Morgan fingerprint density at radius 1 is 1.26 bits per heavy atom. The maximum Gasteiger partial charge on any atom is 0.435 e. The zero-order chi connectivity index (χ0) is 22.6. The average molecular weight is 455 g/mol. The van der Waals surface area contributed by atoms with Crippen LogP contribution in [0, 0.1) is 0 Å². The van der Waals surface area contributed by atoms with Crippen LogP contribution in [0.2, 0.25) is 0 Å². The van der Waals surface area contributed by atoms with Crippen molar-refractivity contribution in [2.75, 3.05) is 38.6 Å². The van der Waals surface area contributed by atoms with Crippen molar-refractivity contribution in [3.05, 3.63) is 45.4 Å². The van der Waals surface area contributed by atoms with Gasteiger partial charge in [-0.3, -0.25) is 4.79 Å². The Balaban J connectivity index is 1.74. The number of hydrogen-bond donors (Lipinski definition) is 1. The van der Waals surface area contributed by atoms with Gasteiger partial charge < -0.3 is 15.1 Å². The van der Waals surface area contributed by atoms with Crippen LogP contribution < -0.4 is 10.2 Å². The highest BCUT2D eigenvalue weighted by Crippen LogP contribution is 2.35. The number of anilines is 1. The third-order valence-corrected chi connectivity index (χ3v) is 6.58. The third kappa shape index (κ3) is 6.20. The van der Waals surface area contributed by atoms with Gasteiger partial charge in [0.05, 0.1) is 11.0 Å². The molecule has 9 heteroatoms. The van der Waals surface area contributed by atoms with Crippen LogP contribution in [-0.2, 0) is 12.6 Å². The molecule has 1 unspecified atom stereocenters. The van der Waals surface area contributed by atoms with Crippen LogP contribution in [0.4, 0.5) is 18.9 Å². The Hall–Kier alpha value is -2.13. The van der Waals surface area contributed by atoms with Gasteiger partial charge in [0, 0.05) is 32.7 Å². The number of hydrogen-bond acceptors (Lipinski definition) is 5. The first-order valence-electron chi connectivity index (χ1n) is 10.5. The molecule has 1 fully saturated rings. The number of nitrogens with zero attached hydrogens (tertiary/aromatic N) is 3. The molecule has 3 rings (SSSR count). The molecule has 0 aliphatic carbocycles. The Morgan fingerprint density at radius 2 is 1.97 bits per heavy atom. The number of carbonyl (C=O) groups excluding carboxylic acids is 1. The van der Waals surface area contributed by atoms with Crippen molar-refractivity contribution in [2.24, 2.45) is 0 Å². The minimum absolute atomic E-state index is 0.352. The van der Waals surface area contributed by atoms with E-state index in [-0.39, 0.29) is 4.88 Å². The maximum absolute atomic E-state index is 13.6. The fourth-order valence-electron chi connectivity index (χ4n) is 3.67. The van der Waals surface area contributed by atoms with Gasteiger partial charge in [-0.05, 0) is 50.6 Å². The second-order valence-electron chi connectivity index (χ2n) is 8.12. The summed E-state index contributed by atoms with van der Waals surface area (Å²) in [5, 5.41) is 3.06. The van der Waals surface area contributed by atoms with Crippen LogP contribution >= 0.6 is 11.3 Å². The van der Waals surface area contributed by atoms with Gasteiger partial charge >= 0.3 is 6.18 Å². The molecule has 0 saturated carbocycles.